The summed E-state index contributed by atoms with van der Waals surface area (Å²) < 4.78 is 12.3. The standard InChI is InChI=1S/C16H17N3O3/c1-16(2,3)22-15(20)11-19-10-13(9-18-19)21-14-7-5-4-6-12(14)8-17/h4-7,9-10H,11H2,1-3H3. The first-order chi connectivity index (χ1) is 10.4. The van der Waals surface area contributed by atoms with E-state index in [-0.39, 0.29) is 12.5 Å². The molecule has 0 saturated heterocycles. The number of rotatable bonds is 4. The molecule has 1 aromatic heterocycles. The maximum absolute atomic E-state index is 11.7. The average Bonchev–Trinajstić information content (AvgIpc) is 2.84. The highest BCUT2D eigenvalue weighted by Crippen LogP contribution is 2.24. The van der Waals surface area contributed by atoms with E-state index in [4.69, 9.17) is 14.7 Å². The minimum atomic E-state index is -0.532. The van der Waals surface area contributed by atoms with Crippen LogP contribution in [0.3, 0.4) is 0 Å². The summed E-state index contributed by atoms with van der Waals surface area (Å²) in [4.78, 5) is 11.7. The first-order valence-corrected chi connectivity index (χ1v) is 6.79. The Morgan fingerprint density at radius 2 is 2.09 bits per heavy atom. The Balaban J connectivity index is 2.03. The van der Waals surface area contributed by atoms with Crippen molar-refractivity contribution in [2.45, 2.75) is 32.9 Å². The molecule has 0 N–H and O–H groups in total. The molecule has 0 aliphatic heterocycles. The van der Waals surface area contributed by atoms with E-state index in [1.165, 1.54) is 10.9 Å². The monoisotopic (exact) mass is 299 g/mol. The van der Waals surface area contributed by atoms with Gasteiger partial charge in [0.15, 0.2) is 5.75 Å². The molecule has 1 heterocycles. The van der Waals surface area contributed by atoms with Gasteiger partial charge < -0.3 is 9.47 Å². The molecule has 0 bridgehead atoms. The predicted octanol–water partition coefficient (Wildman–Crippen LogP) is 2.89. The minimum absolute atomic E-state index is 0.000523. The Kier molecular flexibility index (Phi) is 4.47. The molecule has 1 aromatic carbocycles. The zero-order chi connectivity index (χ0) is 16.2. The normalized spacial score (nSPS) is 10.8. The van der Waals surface area contributed by atoms with E-state index >= 15 is 0 Å². The van der Waals surface area contributed by atoms with Gasteiger partial charge in [0.05, 0.1) is 18.0 Å². The molecule has 0 radical (unpaired) electrons. The second-order valence-corrected chi connectivity index (χ2v) is 5.67. The summed E-state index contributed by atoms with van der Waals surface area (Å²) in [5.41, 5.74) is -0.0997. The molecule has 0 amide bonds. The van der Waals surface area contributed by atoms with Gasteiger partial charge in [-0.1, -0.05) is 12.1 Å². The second kappa shape index (κ2) is 6.31. The maximum Gasteiger partial charge on any atom is 0.328 e. The fraction of sp³-hybridized carbons (Fsp3) is 0.312. The largest absolute Gasteiger partial charge is 0.459 e. The van der Waals surface area contributed by atoms with Crippen molar-refractivity contribution in [3.63, 3.8) is 0 Å². The Morgan fingerprint density at radius 1 is 1.36 bits per heavy atom. The number of esters is 1. The van der Waals surface area contributed by atoms with Crippen LogP contribution in [0, 0.1) is 11.3 Å². The minimum Gasteiger partial charge on any atom is -0.459 e. The lowest BCUT2D eigenvalue weighted by atomic mass is 10.2. The van der Waals surface area contributed by atoms with Crippen LogP contribution in [0.2, 0.25) is 0 Å². The van der Waals surface area contributed by atoms with Gasteiger partial charge in [0.2, 0.25) is 0 Å². The summed E-state index contributed by atoms with van der Waals surface area (Å²) in [6, 6.07) is 8.96. The molecule has 22 heavy (non-hydrogen) atoms. The smallest absolute Gasteiger partial charge is 0.328 e. The predicted molar refractivity (Wildman–Crippen MR) is 79.3 cm³/mol. The van der Waals surface area contributed by atoms with Crippen LogP contribution in [0.25, 0.3) is 0 Å². The van der Waals surface area contributed by atoms with Gasteiger partial charge in [0.25, 0.3) is 0 Å². The Morgan fingerprint density at radius 3 is 2.77 bits per heavy atom. The van der Waals surface area contributed by atoms with Gasteiger partial charge in [-0.15, -0.1) is 0 Å². The fourth-order valence-corrected chi connectivity index (χ4v) is 1.76. The van der Waals surface area contributed by atoms with Crippen molar-refractivity contribution in [3.05, 3.63) is 42.2 Å². The van der Waals surface area contributed by atoms with Crippen LogP contribution in [0.15, 0.2) is 36.7 Å². The first kappa shape index (κ1) is 15.6. The second-order valence-electron chi connectivity index (χ2n) is 5.67. The van der Waals surface area contributed by atoms with E-state index in [1.807, 2.05) is 0 Å². The van der Waals surface area contributed by atoms with Crippen LogP contribution in [-0.4, -0.2) is 21.4 Å². The van der Waals surface area contributed by atoms with Crippen molar-refractivity contribution in [2.75, 3.05) is 0 Å². The Hall–Kier alpha value is -2.81. The molecule has 0 spiro atoms. The van der Waals surface area contributed by atoms with Crippen LogP contribution < -0.4 is 4.74 Å². The van der Waals surface area contributed by atoms with Gasteiger partial charge in [-0.25, -0.2) is 0 Å². The van der Waals surface area contributed by atoms with Crippen molar-refractivity contribution in [3.8, 4) is 17.6 Å². The summed E-state index contributed by atoms with van der Waals surface area (Å²) in [6.45, 7) is 5.42. The van der Waals surface area contributed by atoms with Crippen molar-refractivity contribution in [2.24, 2.45) is 0 Å². The molecule has 114 valence electrons. The number of hydrogen-bond acceptors (Lipinski definition) is 5. The number of para-hydroxylation sites is 1. The topological polar surface area (TPSA) is 77.1 Å². The molecule has 0 saturated carbocycles. The highest BCUT2D eigenvalue weighted by Gasteiger charge is 2.17. The maximum atomic E-state index is 11.7. The zero-order valence-corrected chi connectivity index (χ0v) is 12.7. The van der Waals surface area contributed by atoms with Gasteiger partial charge in [-0.3, -0.25) is 9.48 Å². The first-order valence-electron chi connectivity index (χ1n) is 6.79. The van der Waals surface area contributed by atoms with Crippen molar-refractivity contribution >= 4 is 5.97 Å². The van der Waals surface area contributed by atoms with Crippen LogP contribution >= 0.6 is 0 Å². The van der Waals surface area contributed by atoms with Crippen molar-refractivity contribution in [1.82, 2.24) is 9.78 Å². The molecule has 0 aliphatic carbocycles. The van der Waals surface area contributed by atoms with E-state index in [2.05, 4.69) is 11.2 Å². The summed E-state index contributed by atoms with van der Waals surface area (Å²) >= 11 is 0. The number of benzene rings is 1. The van der Waals surface area contributed by atoms with E-state index in [9.17, 15) is 4.79 Å². The number of nitriles is 1. The van der Waals surface area contributed by atoms with Gasteiger partial charge in [-0.2, -0.15) is 10.4 Å². The van der Waals surface area contributed by atoms with Gasteiger partial charge in [0, 0.05) is 0 Å². The van der Waals surface area contributed by atoms with Gasteiger partial charge in [0.1, 0.15) is 24.0 Å². The lowest BCUT2D eigenvalue weighted by Crippen LogP contribution is -2.26. The number of hydrogen-bond donors (Lipinski definition) is 0. The van der Waals surface area contributed by atoms with E-state index in [0.29, 0.717) is 17.1 Å². The average molecular weight is 299 g/mol. The third kappa shape index (κ3) is 4.35. The number of carbonyl (C=O) groups is 1. The van der Waals surface area contributed by atoms with E-state index in [0.717, 1.165) is 0 Å². The van der Waals surface area contributed by atoms with Gasteiger partial charge >= 0.3 is 5.97 Å². The SMILES string of the molecule is CC(C)(C)OC(=O)Cn1cc(Oc2ccccc2C#N)cn1. The molecular weight excluding hydrogens is 282 g/mol. The molecule has 0 fully saturated rings. The molecule has 0 aliphatic rings. The lowest BCUT2D eigenvalue weighted by Gasteiger charge is -2.19. The Labute approximate surface area is 128 Å². The highest BCUT2D eigenvalue weighted by molar-refractivity contribution is 5.69. The van der Waals surface area contributed by atoms with Gasteiger partial charge in [-0.05, 0) is 32.9 Å². The van der Waals surface area contributed by atoms with Crippen molar-refractivity contribution in [1.29, 1.82) is 5.26 Å². The van der Waals surface area contributed by atoms with E-state index in [1.54, 1.807) is 51.2 Å². The molecule has 6 nitrogen and oxygen atoms in total. The van der Waals surface area contributed by atoms with Crippen LogP contribution in [-0.2, 0) is 16.1 Å². The fourth-order valence-electron chi connectivity index (χ4n) is 1.76. The summed E-state index contributed by atoms with van der Waals surface area (Å²) in [5, 5.41) is 13.1. The Bertz CT molecular complexity index is 708. The molecule has 0 unspecified atom stereocenters. The van der Waals surface area contributed by atoms with Crippen molar-refractivity contribution < 1.29 is 14.3 Å². The molecule has 0 atom stereocenters. The van der Waals surface area contributed by atoms with Crippen LogP contribution in [0.5, 0.6) is 11.5 Å². The van der Waals surface area contributed by atoms with Crippen LogP contribution in [0.1, 0.15) is 26.3 Å². The number of ether oxygens (including phenoxy) is 2. The molecule has 2 rings (SSSR count). The lowest BCUT2D eigenvalue weighted by molar-refractivity contribution is -0.155. The molecular formula is C16H17N3O3. The number of nitrogens with zero attached hydrogens (tertiary/aromatic N) is 3. The third-order valence-electron chi connectivity index (χ3n) is 2.56. The molecule has 2 aromatic rings. The third-order valence-corrected chi connectivity index (χ3v) is 2.56. The number of carbonyl (C=O) groups excluding carboxylic acids is 1. The zero-order valence-electron chi connectivity index (χ0n) is 12.7. The summed E-state index contributed by atoms with van der Waals surface area (Å²) in [6.07, 6.45) is 3.07. The molecule has 6 heteroatoms. The van der Waals surface area contributed by atoms with E-state index < -0.39 is 5.60 Å². The quantitative estimate of drug-likeness (QED) is 0.811. The number of aromatic nitrogens is 2. The summed E-state index contributed by atoms with van der Waals surface area (Å²) in [5.74, 6) is 0.521. The summed E-state index contributed by atoms with van der Waals surface area (Å²) in [7, 11) is 0. The highest BCUT2D eigenvalue weighted by atomic mass is 16.6. The van der Waals surface area contributed by atoms with Crippen LogP contribution in [0.4, 0.5) is 0 Å².